The first-order valence-corrected chi connectivity index (χ1v) is 7.20. The zero-order chi connectivity index (χ0) is 17.5. The molecule has 8 nitrogen and oxygen atoms in total. The zero-order valence-corrected chi connectivity index (χ0v) is 13.1. The molecule has 2 rings (SSSR count). The van der Waals surface area contributed by atoms with Gasteiger partial charge in [-0.2, -0.15) is 5.10 Å². The van der Waals surface area contributed by atoms with Crippen molar-refractivity contribution in [1.82, 2.24) is 9.78 Å². The Morgan fingerprint density at radius 2 is 1.88 bits per heavy atom. The summed E-state index contributed by atoms with van der Waals surface area (Å²) in [5, 5.41) is 15.1. The van der Waals surface area contributed by atoms with Crippen LogP contribution in [0.2, 0.25) is 0 Å². The van der Waals surface area contributed by atoms with E-state index in [1.165, 1.54) is 16.9 Å². The Bertz CT molecular complexity index is 736. The lowest BCUT2D eigenvalue weighted by molar-refractivity contribution is -0.137. The van der Waals surface area contributed by atoms with Crippen molar-refractivity contribution in [3.63, 3.8) is 0 Å². The van der Waals surface area contributed by atoms with Crippen LogP contribution in [0.1, 0.15) is 23.2 Å². The first-order valence-electron chi connectivity index (χ1n) is 7.20. The van der Waals surface area contributed by atoms with E-state index >= 15 is 0 Å². The van der Waals surface area contributed by atoms with Crippen LogP contribution < -0.4 is 10.1 Å². The summed E-state index contributed by atoms with van der Waals surface area (Å²) in [5.41, 5.74) is 0.509. The van der Waals surface area contributed by atoms with Gasteiger partial charge in [0.1, 0.15) is 12.3 Å². The number of aliphatic carboxylic acids is 1. The number of carbonyl (C=O) groups excluding carboxylic acids is 2. The minimum absolute atomic E-state index is 0.0106. The van der Waals surface area contributed by atoms with Gasteiger partial charge in [0.2, 0.25) is 5.91 Å². The van der Waals surface area contributed by atoms with Crippen LogP contribution in [0, 0.1) is 0 Å². The van der Waals surface area contributed by atoms with Gasteiger partial charge in [-0.3, -0.25) is 19.1 Å². The molecule has 2 N–H and O–H groups in total. The number of carboxylic acid groups (broad SMARTS) is 1. The predicted octanol–water partition coefficient (Wildman–Crippen LogP) is 1.58. The van der Waals surface area contributed by atoms with Gasteiger partial charge in [-0.1, -0.05) is 0 Å². The van der Waals surface area contributed by atoms with E-state index in [9.17, 15) is 14.4 Å². The highest BCUT2D eigenvalue weighted by Crippen LogP contribution is 2.13. The molecule has 1 amide bonds. The second-order valence-corrected chi connectivity index (χ2v) is 4.99. The number of carboxylic acids is 1. The Balaban J connectivity index is 1.82. The highest BCUT2D eigenvalue weighted by Gasteiger charge is 2.11. The second-order valence-electron chi connectivity index (χ2n) is 4.99. The number of amides is 1. The maximum Gasteiger partial charge on any atom is 0.325 e. The SMILES string of the molecule is COc1ccc(C(=O)CCC(=O)Nc2ccn(CC(=O)O)n2)cc1. The molecule has 126 valence electrons. The summed E-state index contributed by atoms with van der Waals surface area (Å²) in [6.45, 7) is -0.286. The molecule has 2 aromatic rings. The molecule has 0 saturated heterocycles. The summed E-state index contributed by atoms with van der Waals surface area (Å²) in [4.78, 5) is 34.4. The topological polar surface area (TPSA) is 111 Å². The molecule has 0 saturated carbocycles. The highest BCUT2D eigenvalue weighted by molar-refractivity contribution is 5.99. The van der Waals surface area contributed by atoms with Gasteiger partial charge in [0.05, 0.1) is 7.11 Å². The molecule has 1 aromatic heterocycles. The minimum Gasteiger partial charge on any atom is -0.497 e. The number of hydrogen-bond acceptors (Lipinski definition) is 5. The molecule has 0 aliphatic heterocycles. The number of nitrogens with one attached hydrogen (secondary N) is 1. The summed E-state index contributed by atoms with van der Waals surface area (Å²) in [6.07, 6.45) is 1.52. The number of rotatable bonds is 8. The van der Waals surface area contributed by atoms with Gasteiger partial charge >= 0.3 is 5.97 Å². The molecular formula is C16H17N3O5. The van der Waals surface area contributed by atoms with E-state index in [2.05, 4.69) is 10.4 Å². The fourth-order valence-corrected chi connectivity index (χ4v) is 2.01. The van der Waals surface area contributed by atoms with E-state index in [1.54, 1.807) is 31.4 Å². The standard InChI is InChI=1S/C16H17N3O5/c1-24-12-4-2-11(3-5-12)13(20)6-7-15(21)17-14-8-9-19(18-14)10-16(22)23/h2-5,8-9H,6-7,10H2,1H3,(H,22,23)(H,17,18,21). The van der Waals surface area contributed by atoms with Crippen molar-refractivity contribution < 1.29 is 24.2 Å². The molecule has 8 heteroatoms. The molecular weight excluding hydrogens is 314 g/mol. The number of hydrogen-bond donors (Lipinski definition) is 2. The third-order valence-corrected chi connectivity index (χ3v) is 3.20. The number of carbonyl (C=O) groups is 3. The summed E-state index contributed by atoms with van der Waals surface area (Å²) in [5.74, 6) is -0.637. The molecule has 24 heavy (non-hydrogen) atoms. The van der Waals surface area contributed by atoms with E-state index in [1.807, 2.05) is 0 Å². The molecule has 0 fully saturated rings. The van der Waals surface area contributed by atoms with Crippen LogP contribution in [0.4, 0.5) is 5.82 Å². The van der Waals surface area contributed by atoms with Gasteiger partial charge in [0.25, 0.3) is 0 Å². The number of benzene rings is 1. The number of nitrogens with zero attached hydrogens (tertiary/aromatic N) is 2. The Morgan fingerprint density at radius 1 is 1.17 bits per heavy atom. The zero-order valence-electron chi connectivity index (χ0n) is 13.1. The molecule has 0 bridgehead atoms. The van der Waals surface area contributed by atoms with Crippen molar-refractivity contribution in [3.05, 3.63) is 42.1 Å². The number of ketones is 1. The number of aromatic nitrogens is 2. The van der Waals surface area contributed by atoms with Crippen LogP contribution in [0.5, 0.6) is 5.75 Å². The van der Waals surface area contributed by atoms with Crippen molar-refractivity contribution in [3.8, 4) is 5.75 Å². The van der Waals surface area contributed by atoms with E-state index in [0.717, 1.165) is 0 Å². The molecule has 0 unspecified atom stereocenters. The fraction of sp³-hybridized carbons (Fsp3) is 0.250. The van der Waals surface area contributed by atoms with Crippen LogP contribution >= 0.6 is 0 Å². The molecule has 1 heterocycles. The quantitative estimate of drug-likeness (QED) is 0.711. The Morgan fingerprint density at radius 3 is 2.50 bits per heavy atom. The molecule has 0 atom stereocenters. The van der Waals surface area contributed by atoms with Crippen molar-refractivity contribution in [1.29, 1.82) is 0 Å². The first kappa shape index (κ1) is 17.2. The maximum absolute atomic E-state index is 12.0. The molecule has 0 aliphatic carbocycles. The molecule has 0 radical (unpaired) electrons. The van der Waals surface area contributed by atoms with E-state index in [0.29, 0.717) is 11.3 Å². The van der Waals surface area contributed by atoms with Gasteiger partial charge in [0, 0.05) is 30.7 Å². The van der Waals surface area contributed by atoms with Crippen molar-refractivity contribution in [2.45, 2.75) is 19.4 Å². The molecule has 1 aromatic carbocycles. The third-order valence-electron chi connectivity index (χ3n) is 3.20. The number of methoxy groups -OCH3 is 1. The lowest BCUT2D eigenvalue weighted by atomic mass is 10.1. The smallest absolute Gasteiger partial charge is 0.325 e. The van der Waals surface area contributed by atoms with Crippen LogP contribution in [-0.2, 0) is 16.1 Å². The monoisotopic (exact) mass is 331 g/mol. The predicted molar refractivity (Wildman–Crippen MR) is 85.1 cm³/mol. The summed E-state index contributed by atoms with van der Waals surface area (Å²) in [6, 6.07) is 8.15. The average Bonchev–Trinajstić information content (AvgIpc) is 2.98. The van der Waals surface area contributed by atoms with Gasteiger partial charge in [-0.15, -0.1) is 0 Å². The highest BCUT2D eigenvalue weighted by atomic mass is 16.5. The largest absolute Gasteiger partial charge is 0.497 e. The van der Waals surface area contributed by atoms with Crippen LogP contribution in [0.3, 0.4) is 0 Å². The van der Waals surface area contributed by atoms with Crippen LogP contribution in [0.15, 0.2) is 36.5 Å². The number of Topliss-reactive ketones (excluding diaryl/α,β-unsaturated/α-hetero) is 1. The first-order chi connectivity index (χ1) is 11.5. The lowest BCUT2D eigenvalue weighted by Gasteiger charge is -2.04. The average molecular weight is 331 g/mol. The Labute approximate surface area is 138 Å². The van der Waals surface area contributed by atoms with E-state index in [-0.39, 0.29) is 36.9 Å². The molecule has 0 spiro atoms. The van der Waals surface area contributed by atoms with Gasteiger partial charge < -0.3 is 15.2 Å². The maximum atomic E-state index is 12.0. The normalized spacial score (nSPS) is 10.2. The van der Waals surface area contributed by atoms with E-state index in [4.69, 9.17) is 9.84 Å². The molecule has 0 aliphatic rings. The number of anilines is 1. The number of ether oxygens (including phenoxy) is 1. The fourth-order valence-electron chi connectivity index (χ4n) is 2.01. The minimum atomic E-state index is -1.03. The summed E-state index contributed by atoms with van der Waals surface area (Å²) >= 11 is 0. The summed E-state index contributed by atoms with van der Waals surface area (Å²) in [7, 11) is 1.54. The van der Waals surface area contributed by atoms with Crippen molar-refractivity contribution in [2.75, 3.05) is 12.4 Å². The van der Waals surface area contributed by atoms with Crippen molar-refractivity contribution >= 4 is 23.5 Å². The van der Waals surface area contributed by atoms with Crippen LogP contribution in [-0.4, -0.2) is 39.7 Å². The Hall–Kier alpha value is -3.16. The second kappa shape index (κ2) is 7.91. The summed E-state index contributed by atoms with van der Waals surface area (Å²) < 4.78 is 6.21. The van der Waals surface area contributed by atoms with Crippen LogP contribution in [0.25, 0.3) is 0 Å². The van der Waals surface area contributed by atoms with Gasteiger partial charge in [-0.25, -0.2) is 0 Å². The van der Waals surface area contributed by atoms with E-state index < -0.39 is 5.97 Å². The lowest BCUT2D eigenvalue weighted by Crippen LogP contribution is -2.15. The van der Waals surface area contributed by atoms with Gasteiger partial charge in [-0.05, 0) is 24.3 Å². The van der Waals surface area contributed by atoms with Crippen molar-refractivity contribution in [2.24, 2.45) is 0 Å². The Kier molecular flexibility index (Phi) is 5.67. The van der Waals surface area contributed by atoms with Gasteiger partial charge in [0.15, 0.2) is 11.6 Å². The third kappa shape index (κ3) is 4.94.